The highest BCUT2D eigenvalue weighted by Gasteiger charge is 2.07. The van der Waals surface area contributed by atoms with E-state index in [0.29, 0.717) is 5.95 Å². The molecule has 20 heavy (non-hydrogen) atoms. The Balaban J connectivity index is 2.21. The molecule has 5 heteroatoms. The maximum atomic E-state index is 5.25. The van der Waals surface area contributed by atoms with Gasteiger partial charge in [0.25, 0.3) is 0 Å². The number of aromatic nitrogens is 2. The first-order valence-electron chi connectivity index (χ1n) is 6.69. The molecule has 2 aromatic rings. The first kappa shape index (κ1) is 14.1. The summed E-state index contributed by atoms with van der Waals surface area (Å²) < 4.78 is 5.25. The van der Waals surface area contributed by atoms with Crippen molar-refractivity contribution < 1.29 is 4.74 Å². The molecule has 0 saturated carbocycles. The Labute approximate surface area is 119 Å². The summed E-state index contributed by atoms with van der Waals surface area (Å²) in [7, 11) is 3.64. The minimum absolute atomic E-state index is 0.652. The van der Waals surface area contributed by atoms with Crippen LogP contribution in [0.25, 0.3) is 0 Å². The molecule has 2 rings (SSSR count). The van der Waals surface area contributed by atoms with Gasteiger partial charge in [0.05, 0.1) is 7.11 Å². The molecule has 0 spiro atoms. The van der Waals surface area contributed by atoms with Crippen LogP contribution in [-0.2, 0) is 0 Å². The summed E-state index contributed by atoms with van der Waals surface area (Å²) in [5.74, 6) is 2.32. The maximum Gasteiger partial charge on any atom is 0.224 e. The lowest BCUT2D eigenvalue weighted by molar-refractivity contribution is 0.415. The molecule has 0 bridgehead atoms. The van der Waals surface area contributed by atoms with Gasteiger partial charge in [-0.15, -0.1) is 0 Å². The van der Waals surface area contributed by atoms with Gasteiger partial charge < -0.3 is 15.0 Å². The Morgan fingerprint density at radius 1 is 1.30 bits per heavy atom. The number of nitrogens with one attached hydrogen (secondary N) is 1. The normalized spacial score (nSPS) is 10.2. The summed E-state index contributed by atoms with van der Waals surface area (Å²) in [6.45, 7) is 2.98. The topological polar surface area (TPSA) is 50.3 Å². The van der Waals surface area contributed by atoms with Gasteiger partial charge in [0, 0.05) is 31.5 Å². The molecule has 0 aliphatic rings. The van der Waals surface area contributed by atoms with E-state index in [0.717, 1.165) is 30.2 Å². The van der Waals surface area contributed by atoms with E-state index in [4.69, 9.17) is 4.74 Å². The molecule has 1 aromatic heterocycles. The smallest absolute Gasteiger partial charge is 0.224 e. The highest BCUT2D eigenvalue weighted by Crippen LogP contribution is 2.25. The Hall–Kier alpha value is -2.30. The number of nitrogens with zero attached hydrogens (tertiary/aromatic N) is 3. The van der Waals surface area contributed by atoms with Gasteiger partial charge in [-0.2, -0.15) is 4.98 Å². The molecule has 1 N–H and O–H groups in total. The van der Waals surface area contributed by atoms with E-state index >= 15 is 0 Å². The van der Waals surface area contributed by atoms with Crippen molar-refractivity contribution in [3.63, 3.8) is 0 Å². The summed E-state index contributed by atoms with van der Waals surface area (Å²) >= 11 is 0. The fourth-order valence-electron chi connectivity index (χ4n) is 1.81. The van der Waals surface area contributed by atoms with Crippen molar-refractivity contribution in [2.45, 2.75) is 13.3 Å². The third kappa shape index (κ3) is 3.38. The molecule has 0 atom stereocenters. The van der Waals surface area contributed by atoms with Gasteiger partial charge in [-0.25, -0.2) is 4.98 Å². The highest BCUT2D eigenvalue weighted by molar-refractivity contribution is 5.61. The van der Waals surface area contributed by atoms with E-state index in [1.54, 1.807) is 13.3 Å². The van der Waals surface area contributed by atoms with Crippen LogP contribution in [0.1, 0.15) is 13.3 Å². The summed E-state index contributed by atoms with van der Waals surface area (Å²) in [4.78, 5) is 10.7. The van der Waals surface area contributed by atoms with Crippen LogP contribution in [0, 0.1) is 0 Å². The molecule has 0 aliphatic heterocycles. The number of hydrogen-bond donors (Lipinski definition) is 1. The quantitative estimate of drug-likeness (QED) is 0.875. The summed E-state index contributed by atoms with van der Waals surface area (Å²) in [5.41, 5.74) is 1.02. The summed E-state index contributed by atoms with van der Waals surface area (Å²) in [6.07, 6.45) is 2.80. The number of anilines is 3. The third-order valence-corrected chi connectivity index (χ3v) is 2.96. The first-order chi connectivity index (χ1) is 9.74. The average molecular weight is 272 g/mol. The predicted octanol–water partition coefficient (Wildman–Crippen LogP) is 3.08. The zero-order valence-electron chi connectivity index (χ0n) is 12.1. The van der Waals surface area contributed by atoms with Gasteiger partial charge >= 0.3 is 0 Å². The van der Waals surface area contributed by atoms with E-state index in [-0.39, 0.29) is 0 Å². The second-order valence-electron chi connectivity index (χ2n) is 4.43. The molecule has 0 unspecified atom stereocenters. The van der Waals surface area contributed by atoms with E-state index in [1.807, 2.05) is 42.3 Å². The third-order valence-electron chi connectivity index (χ3n) is 2.96. The lowest BCUT2D eigenvalue weighted by Gasteiger charge is -2.19. The average Bonchev–Trinajstić information content (AvgIpc) is 2.52. The van der Waals surface area contributed by atoms with Crippen LogP contribution in [0.15, 0.2) is 36.5 Å². The van der Waals surface area contributed by atoms with Crippen LogP contribution in [0.3, 0.4) is 0 Å². The SMILES string of the molecule is CCCNc1nccc(N(C)c2cccc(OC)c2)n1. The summed E-state index contributed by atoms with van der Waals surface area (Å²) in [6, 6.07) is 9.76. The maximum absolute atomic E-state index is 5.25. The molecule has 0 radical (unpaired) electrons. The van der Waals surface area contributed by atoms with E-state index in [9.17, 15) is 0 Å². The van der Waals surface area contributed by atoms with Crippen LogP contribution in [0.5, 0.6) is 5.75 Å². The molecule has 0 amide bonds. The van der Waals surface area contributed by atoms with Gasteiger partial charge in [0.2, 0.25) is 5.95 Å². The first-order valence-corrected chi connectivity index (χ1v) is 6.69. The number of methoxy groups -OCH3 is 1. The molecule has 106 valence electrons. The van der Waals surface area contributed by atoms with Crippen LogP contribution in [0.2, 0.25) is 0 Å². The minimum atomic E-state index is 0.652. The molecule has 0 saturated heterocycles. The van der Waals surface area contributed by atoms with Crippen molar-refractivity contribution in [3.8, 4) is 5.75 Å². The lowest BCUT2D eigenvalue weighted by atomic mass is 10.3. The largest absolute Gasteiger partial charge is 0.497 e. The highest BCUT2D eigenvalue weighted by atomic mass is 16.5. The lowest BCUT2D eigenvalue weighted by Crippen LogP contribution is -2.13. The van der Waals surface area contributed by atoms with E-state index in [1.165, 1.54) is 0 Å². The van der Waals surface area contributed by atoms with Gasteiger partial charge in [0.15, 0.2) is 0 Å². The number of rotatable bonds is 6. The molecule has 0 aliphatic carbocycles. The molecular formula is C15H20N4O. The zero-order valence-corrected chi connectivity index (χ0v) is 12.1. The van der Waals surface area contributed by atoms with Crippen molar-refractivity contribution in [1.29, 1.82) is 0 Å². The minimum Gasteiger partial charge on any atom is -0.497 e. The second kappa shape index (κ2) is 6.75. The number of hydrogen-bond acceptors (Lipinski definition) is 5. The standard InChI is InChI=1S/C15H20N4O/c1-4-9-16-15-17-10-8-14(18-15)19(2)12-6-5-7-13(11-12)20-3/h5-8,10-11H,4,9H2,1-3H3,(H,16,17,18). The monoisotopic (exact) mass is 272 g/mol. The van der Waals surface area contributed by atoms with Crippen LogP contribution < -0.4 is 15.0 Å². The van der Waals surface area contributed by atoms with Crippen molar-refractivity contribution in [2.24, 2.45) is 0 Å². The fraction of sp³-hybridized carbons (Fsp3) is 0.333. The van der Waals surface area contributed by atoms with Crippen molar-refractivity contribution in [1.82, 2.24) is 9.97 Å². The Bertz CT molecular complexity index is 559. The molecule has 0 fully saturated rings. The van der Waals surface area contributed by atoms with Gasteiger partial charge in [-0.3, -0.25) is 0 Å². The Morgan fingerprint density at radius 2 is 2.15 bits per heavy atom. The van der Waals surface area contributed by atoms with Gasteiger partial charge in [0.1, 0.15) is 11.6 Å². The molecule has 1 heterocycles. The summed E-state index contributed by atoms with van der Waals surface area (Å²) in [5, 5.41) is 3.19. The Morgan fingerprint density at radius 3 is 2.90 bits per heavy atom. The van der Waals surface area contributed by atoms with Crippen molar-refractivity contribution in [2.75, 3.05) is 30.9 Å². The van der Waals surface area contributed by atoms with Crippen LogP contribution >= 0.6 is 0 Å². The zero-order chi connectivity index (χ0) is 14.4. The predicted molar refractivity (Wildman–Crippen MR) is 81.9 cm³/mol. The van der Waals surface area contributed by atoms with Gasteiger partial charge in [-0.1, -0.05) is 13.0 Å². The molecule has 5 nitrogen and oxygen atoms in total. The van der Waals surface area contributed by atoms with Gasteiger partial charge in [-0.05, 0) is 24.6 Å². The van der Waals surface area contributed by atoms with Crippen molar-refractivity contribution >= 4 is 17.5 Å². The van der Waals surface area contributed by atoms with Crippen molar-refractivity contribution in [3.05, 3.63) is 36.5 Å². The Kier molecular flexibility index (Phi) is 4.76. The van der Waals surface area contributed by atoms with Crippen LogP contribution in [-0.4, -0.2) is 30.7 Å². The number of benzene rings is 1. The second-order valence-corrected chi connectivity index (χ2v) is 4.43. The van der Waals surface area contributed by atoms with Crippen LogP contribution in [0.4, 0.5) is 17.5 Å². The van der Waals surface area contributed by atoms with E-state index < -0.39 is 0 Å². The fourth-order valence-corrected chi connectivity index (χ4v) is 1.81. The number of ether oxygens (including phenoxy) is 1. The van der Waals surface area contributed by atoms with E-state index in [2.05, 4.69) is 22.2 Å². The molecule has 1 aromatic carbocycles. The molecular weight excluding hydrogens is 252 g/mol.